The maximum Gasteiger partial charge on any atom is 0.146 e. The molecule has 2 aromatic rings. The molecular weight excluding hydrogens is 236 g/mol. The monoisotopic (exact) mass is 258 g/mol. The van der Waals surface area contributed by atoms with Gasteiger partial charge in [0.05, 0.1) is 6.54 Å². The molecule has 1 aromatic heterocycles. The van der Waals surface area contributed by atoms with E-state index in [4.69, 9.17) is 0 Å². The maximum atomic E-state index is 4.32. The first-order chi connectivity index (χ1) is 9.22. The van der Waals surface area contributed by atoms with Crippen LogP contribution in [0.15, 0.2) is 30.6 Å². The Balaban J connectivity index is 2.08. The Labute approximate surface area is 114 Å². The molecule has 1 N–H and O–H groups in total. The highest BCUT2D eigenvalue weighted by atomic mass is 15.4. The fourth-order valence-corrected chi connectivity index (χ4v) is 2.19. The third kappa shape index (κ3) is 3.34. The van der Waals surface area contributed by atoms with Gasteiger partial charge in [-0.3, -0.25) is 0 Å². The van der Waals surface area contributed by atoms with Crippen molar-refractivity contribution in [1.82, 2.24) is 14.8 Å². The van der Waals surface area contributed by atoms with Gasteiger partial charge in [0.15, 0.2) is 0 Å². The average Bonchev–Trinajstić information content (AvgIpc) is 2.86. The largest absolute Gasteiger partial charge is 0.378 e. The number of nitrogens with one attached hydrogen (secondary N) is 1. The van der Waals surface area contributed by atoms with Gasteiger partial charge in [0, 0.05) is 11.7 Å². The average molecular weight is 258 g/mol. The lowest BCUT2D eigenvalue weighted by atomic mass is 10.1. The van der Waals surface area contributed by atoms with Gasteiger partial charge in [-0.2, -0.15) is 5.10 Å². The number of benzene rings is 1. The van der Waals surface area contributed by atoms with Gasteiger partial charge in [-0.05, 0) is 31.9 Å². The maximum absolute atomic E-state index is 4.32. The highest BCUT2D eigenvalue weighted by Crippen LogP contribution is 2.17. The lowest BCUT2D eigenvalue weighted by Crippen LogP contribution is -2.12. The SMILES string of the molecule is CCCc1ccccc1NCc1ncnn1C(C)C. The van der Waals surface area contributed by atoms with Gasteiger partial charge in [-0.1, -0.05) is 31.5 Å². The summed E-state index contributed by atoms with van der Waals surface area (Å²) in [5.41, 5.74) is 2.56. The van der Waals surface area contributed by atoms with Crippen LogP contribution >= 0.6 is 0 Å². The molecule has 0 saturated heterocycles. The van der Waals surface area contributed by atoms with E-state index in [0.717, 1.165) is 18.7 Å². The Morgan fingerprint density at radius 1 is 1.26 bits per heavy atom. The standard InChI is InChI=1S/C15H22N4/c1-4-7-13-8-5-6-9-14(13)16-10-15-17-11-18-19(15)12(2)3/h5-6,8-9,11-12,16H,4,7,10H2,1-3H3. The Morgan fingerprint density at radius 2 is 2.05 bits per heavy atom. The summed E-state index contributed by atoms with van der Waals surface area (Å²) >= 11 is 0. The van der Waals surface area contributed by atoms with Gasteiger partial charge in [-0.15, -0.1) is 0 Å². The van der Waals surface area contributed by atoms with E-state index in [9.17, 15) is 0 Å². The number of hydrogen-bond donors (Lipinski definition) is 1. The molecule has 0 aliphatic carbocycles. The molecule has 1 aromatic carbocycles. The van der Waals surface area contributed by atoms with E-state index in [0.29, 0.717) is 12.6 Å². The van der Waals surface area contributed by atoms with Crippen LogP contribution in [0.1, 0.15) is 44.6 Å². The number of hydrogen-bond acceptors (Lipinski definition) is 3. The predicted molar refractivity (Wildman–Crippen MR) is 78.2 cm³/mol. The van der Waals surface area contributed by atoms with Crippen molar-refractivity contribution < 1.29 is 0 Å². The molecule has 2 rings (SSSR count). The lowest BCUT2D eigenvalue weighted by molar-refractivity contribution is 0.509. The smallest absolute Gasteiger partial charge is 0.146 e. The number of nitrogens with zero attached hydrogens (tertiary/aromatic N) is 3. The molecule has 0 radical (unpaired) electrons. The summed E-state index contributed by atoms with van der Waals surface area (Å²) < 4.78 is 1.95. The molecule has 0 unspecified atom stereocenters. The summed E-state index contributed by atoms with van der Waals surface area (Å²) in [5, 5.41) is 7.72. The van der Waals surface area contributed by atoms with E-state index in [-0.39, 0.29) is 0 Å². The molecule has 19 heavy (non-hydrogen) atoms. The zero-order chi connectivity index (χ0) is 13.7. The number of rotatable bonds is 6. The zero-order valence-electron chi connectivity index (χ0n) is 11.9. The van der Waals surface area contributed by atoms with Crippen LogP contribution in [0.3, 0.4) is 0 Å². The van der Waals surface area contributed by atoms with E-state index < -0.39 is 0 Å². The summed E-state index contributed by atoms with van der Waals surface area (Å²) in [7, 11) is 0. The van der Waals surface area contributed by atoms with Crippen LogP contribution in [0.2, 0.25) is 0 Å². The van der Waals surface area contributed by atoms with Gasteiger partial charge in [0.25, 0.3) is 0 Å². The van der Waals surface area contributed by atoms with Crippen molar-refractivity contribution in [3.05, 3.63) is 42.0 Å². The molecule has 0 bridgehead atoms. The molecule has 0 atom stereocenters. The third-order valence-corrected chi connectivity index (χ3v) is 3.11. The summed E-state index contributed by atoms with van der Waals surface area (Å²) in [5.74, 6) is 0.973. The topological polar surface area (TPSA) is 42.7 Å². The summed E-state index contributed by atoms with van der Waals surface area (Å²) in [6, 6.07) is 8.80. The van der Waals surface area contributed by atoms with Crippen LogP contribution in [-0.2, 0) is 13.0 Å². The van der Waals surface area contributed by atoms with E-state index >= 15 is 0 Å². The first-order valence-electron chi connectivity index (χ1n) is 6.92. The number of para-hydroxylation sites is 1. The van der Waals surface area contributed by atoms with Gasteiger partial charge in [-0.25, -0.2) is 9.67 Å². The number of aryl methyl sites for hydroxylation is 1. The summed E-state index contributed by atoms with van der Waals surface area (Å²) in [6.07, 6.45) is 3.87. The Morgan fingerprint density at radius 3 is 2.79 bits per heavy atom. The third-order valence-electron chi connectivity index (χ3n) is 3.11. The fourth-order valence-electron chi connectivity index (χ4n) is 2.19. The lowest BCUT2D eigenvalue weighted by Gasteiger charge is -2.13. The minimum absolute atomic E-state index is 0.338. The molecule has 0 fully saturated rings. The summed E-state index contributed by atoms with van der Waals surface area (Å²) in [4.78, 5) is 4.32. The quantitative estimate of drug-likeness (QED) is 0.863. The first kappa shape index (κ1) is 13.6. The van der Waals surface area contributed by atoms with Crippen LogP contribution in [0, 0.1) is 0 Å². The molecule has 0 saturated carbocycles. The van der Waals surface area contributed by atoms with Crippen molar-refractivity contribution in [2.75, 3.05) is 5.32 Å². The number of aromatic nitrogens is 3. The van der Waals surface area contributed by atoms with Gasteiger partial charge in [0.2, 0.25) is 0 Å². The molecule has 1 heterocycles. The zero-order valence-corrected chi connectivity index (χ0v) is 11.9. The molecule has 4 heteroatoms. The van der Waals surface area contributed by atoms with E-state index in [1.165, 1.54) is 11.3 Å². The van der Waals surface area contributed by atoms with Crippen molar-refractivity contribution in [3.8, 4) is 0 Å². The minimum Gasteiger partial charge on any atom is -0.378 e. The van der Waals surface area contributed by atoms with Gasteiger partial charge >= 0.3 is 0 Å². The highest BCUT2D eigenvalue weighted by molar-refractivity contribution is 5.51. The van der Waals surface area contributed by atoms with Crippen LogP contribution in [0.4, 0.5) is 5.69 Å². The first-order valence-corrected chi connectivity index (χ1v) is 6.92. The van der Waals surface area contributed by atoms with Crippen LogP contribution in [0.25, 0.3) is 0 Å². The van der Waals surface area contributed by atoms with Crippen molar-refractivity contribution in [1.29, 1.82) is 0 Å². The Bertz CT molecular complexity index is 516. The fraction of sp³-hybridized carbons (Fsp3) is 0.467. The van der Waals surface area contributed by atoms with Crippen molar-refractivity contribution in [2.45, 2.75) is 46.2 Å². The van der Waals surface area contributed by atoms with Crippen LogP contribution in [-0.4, -0.2) is 14.8 Å². The van der Waals surface area contributed by atoms with Gasteiger partial charge < -0.3 is 5.32 Å². The second kappa shape index (κ2) is 6.36. The van der Waals surface area contributed by atoms with Crippen LogP contribution in [0.5, 0.6) is 0 Å². The molecule has 4 nitrogen and oxygen atoms in total. The van der Waals surface area contributed by atoms with E-state index in [1.54, 1.807) is 6.33 Å². The molecule has 102 valence electrons. The molecule has 0 spiro atoms. The second-order valence-electron chi connectivity index (χ2n) is 4.98. The van der Waals surface area contributed by atoms with E-state index in [1.807, 2.05) is 4.68 Å². The van der Waals surface area contributed by atoms with E-state index in [2.05, 4.69) is 60.4 Å². The molecule has 0 amide bonds. The van der Waals surface area contributed by atoms with Gasteiger partial charge in [0.1, 0.15) is 12.2 Å². The summed E-state index contributed by atoms with van der Waals surface area (Å²) in [6.45, 7) is 7.14. The van der Waals surface area contributed by atoms with Crippen molar-refractivity contribution in [3.63, 3.8) is 0 Å². The molecule has 0 aliphatic heterocycles. The minimum atomic E-state index is 0.338. The van der Waals surface area contributed by atoms with Crippen LogP contribution < -0.4 is 5.32 Å². The Kier molecular flexibility index (Phi) is 4.55. The van der Waals surface area contributed by atoms with Crippen molar-refractivity contribution >= 4 is 5.69 Å². The predicted octanol–water partition coefficient (Wildman–Crippen LogP) is 3.42. The van der Waals surface area contributed by atoms with Crippen molar-refractivity contribution in [2.24, 2.45) is 0 Å². The number of anilines is 1. The normalized spacial score (nSPS) is 10.9. The Hall–Kier alpha value is -1.84. The second-order valence-corrected chi connectivity index (χ2v) is 4.98. The highest BCUT2D eigenvalue weighted by Gasteiger charge is 2.08. The molecule has 0 aliphatic rings. The molecular formula is C15H22N4.